The summed E-state index contributed by atoms with van der Waals surface area (Å²) in [5, 5.41) is 3.64. The fourth-order valence-electron chi connectivity index (χ4n) is 3.65. The van der Waals surface area contributed by atoms with E-state index in [1.807, 2.05) is 13.8 Å². The number of sulfonamides is 1. The third-order valence-corrected chi connectivity index (χ3v) is 8.03. The summed E-state index contributed by atoms with van der Waals surface area (Å²) in [5.41, 5.74) is 0.941. The third-order valence-electron chi connectivity index (χ3n) is 5.62. The van der Waals surface area contributed by atoms with E-state index in [0.717, 1.165) is 4.31 Å². The summed E-state index contributed by atoms with van der Waals surface area (Å²) in [7, 11) is -4.14. The van der Waals surface area contributed by atoms with Crippen LogP contribution in [-0.4, -0.2) is 43.8 Å². The monoisotopic (exact) mass is 561 g/mol. The number of hydrogen-bond acceptors (Lipinski definition) is 4. The predicted octanol–water partition coefficient (Wildman–Crippen LogP) is 5.13. The second-order valence-electron chi connectivity index (χ2n) is 8.75. The zero-order valence-corrected chi connectivity index (χ0v) is 23.1. The number of hydrogen-bond donors (Lipinski definition) is 1. The Labute approximate surface area is 228 Å². The maximum atomic E-state index is 13.8. The van der Waals surface area contributed by atoms with Crippen LogP contribution in [0.25, 0.3) is 0 Å². The molecule has 0 saturated carbocycles. The molecular weight excluding hydrogens is 533 g/mol. The minimum absolute atomic E-state index is 0.0168. The first-order valence-electron chi connectivity index (χ1n) is 11.7. The van der Waals surface area contributed by atoms with Crippen molar-refractivity contribution in [1.29, 1.82) is 0 Å². The lowest BCUT2D eigenvalue weighted by Gasteiger charge is -2.32. The summed E-state index contributed by atoms with van der Waals surface area (Å²) < 4.78 is 28.4. The van der Waals surface area contributed by atoms with Crippen LogP contribution in [0.3, 0.4) is 0 Å². The zero-order valence-electron chi connectivity index (χ0n) is 20.8. The van der Waals surface area contributed by atoms with Gasteiger partial charge < -0.3 is 10.2 Å². The summed E-state index contributed by atoms with van der Waals surface area (Å²) in [6.45, 7) is 4.74. The van der Waals surface area contributed by atoms with Gasteiger partial charge in [0.2, 0.25) is 11.8 Å². The molecule has 7 nitrogen and oxygen atoms in total. The van der Waals surface area contributed by atoms with E-state index in [2.05, 4.69) is 5.32 Å². The Morgan fingerprint density at radius 1 is 0.865 bits per heavy atom. The van der Waals surface area contributed by atoms with Gasteiger partial charge in [-0.3, -0.25) is 13.9 Å². The lowest BCUT2D eigenvalue weighted by Crippen LogP contribution is -2.52. The number of halogens is 2. The Morgan fingerprint density at radius 3 is 2.05 bits per heavy atom. The molecule has 0 fully saturated rings. The van der Waals surface area contributed by atoms with Gasteiger partial charge in [0, 0.05) is 22.6 Å². The van der Waals surface area contributed by atoms with Crippen LogP contribution in [0, 0.1) is 0 Å². The van der Waals surface area contributed by atoms with Gasteiger partial charge in [0.15, 0.2) is 0 Å². The van der Waals surface area contributed by atoms with Gasteiger partial charge in [-0.2, -0.15) is 0 Å². The standard InChI is InChI=1S/C27H29Cl2N3O4S/c1-19(2)30-27(34)20(3)31(17-21-9-7-8-12-25(21)29)26(33)18-32(23-10-5-4-6-11-23)37(35,36)24-15-13-22(28)14-16-24/h4-16,19-20H,17-18H2,1-3H3,(H,30,34)/t20-/m1/s1. The molecule has 0 unspecified atom stereocenters. The maximum Gasteiger partial charge on any atom is 0.264 e. The number of carbonyl (C=O) groups excluding carboxylic acids is 2. The van der Waals surface area contributed by atoms with E-state index < -0.39 is 28.5 Å². The van der Waals surface area contributed by atoms with Gasteiger partial charge in [-0.1, -0.05) is 59.6 Å². The Morgan fingerprint density at radius 2 is 1.46 bits per heavy atom. The third kappa shape index (κ3) is 7.25. The second kappa shape index (κ2) is 12.4. The molecule has 0 bridgehead atoms. The normalized spacial score (nSPS) is 12.2. The van der Waals surface area contributed by atoms with E-state index in [-0.39, 0.29) is 23.4 Å². The first-order chi connectivity index (χ1) is 17.5. The van der Waals surface area contributed by atoms with E-state index in [0.29, 0.717) is 21.3 Å². The quantitative estimate of drug-likeness (QED) is 0.371. The molecular formula is C27H29Cl2N3O4S. The SMILES string of the molecule is CC(C)NC(=O)[C@@H](C)N(Cc1ccccc1Cl)C(=O)CN(c1ccccc1)S(=O)(=O)c1ccc(Cl)cc1. The van der Waals surface area contributed by atoms with Gasteiger partial charge in [0.25, 0.3) is 10.0 Å². The lowest BCUT2D eigenvalue weighted by atomic mass is 10.1. The van der Waals surface area contributed by atoms with Crippen molar-refractivity contribution < 1.29 is 18.0 Å². The minimum atomic E-state index is -4.14. The molecule has 3 rings (SSSR count). The van der Waals surface area contributed by atoms with E-state index >= 15 is 0 Å². The van der Waals surface area contributed by atoms with Crippen LogP contribution in [0.2, 0.25) is 10.0 Å². The lowest BCUT2D eigenvalue weighted by molar-refractivity contribution is -0.139. The van der Waals surface area contributed by atoms with Gasteiger partial charge in [0.05, 0.1) is 10.6 Å². The van der Waals surface area contributed by atoms with Crippen LogP contribution in [0.15, 0.2) is 83.8 Å². The molecule has 0 aliphatic heterocycles. The molecule has 10 heteroatoms. The highest BCUT2D eigenvalue weighted by atomic mass is 35.5. The molecule has 0 saturated heterocycles. The fourth-order valence-corrected chi connectivity index (χ4v) is 5.39. The number of amides is 2. The molecule has 1 N–H and O–H groups in total. The van der Waals surface area contributed by atoms with Gasteiger partial charge in [-0.25, -0.2) is 8.42 Å². The van der Waals surface area contributed by atoms with Crippen LogP contribution >= 0.6 is 23.2 Å². The molecule has 196 valence electrons. The molecule has 0 aromatic heterocycles. The zero-order chi connectivity index (χ0) is 27.2. The van der Waals surface area contributed by atoms with E-state index in [1.54, 1.807) is 61.5 Å². The van der Waals surface area contributed by atoms with Crippen molar-refractivity contribution in [2.75, 3.05) is 10.8 Å². The average Bonchev–Trinajstić information content (AvgIpc) is 2.86. The Bertz CT molecular complexity index is 1330. The summed E-state index contributed by atoms with van der Waals surface area (Å²) in [6.07, 6.45) is 0. The van der Waals surface area contributed by atoms with Crippen LogP contribution in [-0.2, 0) is 26.2 Å². The van der Waals surface area contributed by atoms with E-state index in [4.69, 9.17) is 23.2 Å². The molecule has 0 heterocycles. The van der Waals surface area contributed by atoms with Crippen LogP contribution < -0.4 is 9.62 Å². The number of nitrogens with zero attached hydrogens (tertiary/aromatic N) is 2. The van der Waals surface area contributed by atoms with Crippen molar-refractivity contribution in [3.8, 4) is 0 Å². The fraction of sp³-hybridized carbons (Fsp3) is 0.259. The molecule has 1 atom stereocenters. The van der Waals surface area contributed by atoms with Gasteiger partial charge in [0.1, 0.15) is 12.6 Å². The van der Waals surface area contributed by atoms with E-state index in [9.17, 15) is 18.0 Å². The molecule has 37 heavy (non-hydrogen) atoms. The van der Waals surface area contributed by atoms with Gasteiger partial charge >= 0.3 is 0 Å². The van der Waals surface area contributed by atoms with Crippen molar-refractivity contribution in [3.63, 3.8) is 0 Å². The van der Waals surface area contributed by atoms with Crippen molar-refractivity contribution >= 4 is 50.7 Å². The Balaban J connectivity index is 2.01. The van der Waals surface area contributed by atoms with Crippen molar-refractivity contribution in [2.24, 2.45) is 0 Å². The minimum Gasteiger partial charge on any atom is -0.352 e. The van der Waals surface area contributed by atoms with Crippen molar-refractivity contribution in [1.82, 2.24) is 10.2 Å². The summed E-state index contributed by atoms with van der Waals surface area (Å²) in [6, 6.07) is 20.0. The van der Waals surface area contributed by atoms with E-state index in [1.165, 1.54) is 29.2 Å². The Hall–Kier alpha value is -3.07. The summed E-state index contributed by atoms with van der Waals surface area (Å²) >= 11 is 12.3. The van der Waals surface area contributed by atoms with Crippen molar-refractivity contribution in [3.05, 3.63) is 94.5 Å². The molecule has 0 radical (unpaired) electrons. The van der Waals surface area contributed by atoms with Crippen LogP contribution in [0.1, 0.15) is 26.3 Å². The highest BCUT2D eigenvalue weighted by Gasteiger charge is 2.32. The van der Waals surface area contributed by atoms with Crippen LogP contribution in [0.4, 0.5) is 5.69 Å². The number of anilines is 1. The molecule has 0 spiro atoms. The second-order valence-corrected chi connectivity index (χ2v) is 11.5. The number of benzene rings is 3. The predicted molar refractivity (Wildman–Crippen MR) is 147 cm³/mol. The maximum absolute atomic E-state index is 13.8. The molecule has 2 amide bonds. The van der Waals surface area contributed by atoms with Crippen molar-refractivity contribution in [2.45, 2.75) is 44.3 Å². The molecule has 0 aliphatic carbocycles. The smallest absolute Gasteiger partial charge is 0.264 e. The number of nitrogens with one attached hydrogen (secondary N) is 1. The first kappa shape index (κ1) is 28.5. The van der Waals surface area contributed by atoms with Gasteiger partial charge in [-0.05, 0) is 68.8 Å². The molecule has 0 aliphatic rings. The average molecular weight is 563 g/mol. The number of para-hydroxylation sites is 1. The largest absolute Gasteiger partial charge is 0.352 e. The highest BCUT2D eigenvalue weighted by Crippen LogP contribution is 2.26. The molecule has 3 aromatic carbocycles. The van der Waals surface area contributed by atoms with Gasteiger partial charge in [-0.15, -0.1) is 0 Å². The summed E-state index contributed by atoms with van der Waals surface area (Å²) in [5.74, 6) is -0.921. The Kier molecular flexibility index (Phi) is 9.59. The molecule has 3 aromatic rings. The summed E-state index contributed by atoms with van der Waals surface area (Å²) in [4.78, 5) is 28.0. The number of carbonyl (C=O) groups is 2. The highest BCUT2D eigenvalue weighted by molar-refractivity contribution is 7.92. The number of rotatable bonds is 10. The topological polar surface area (TPSA) is 86.8 Å². The first-order valence-corrected chi connectivity index (χ1v) is 13.9. The van der Waals surface area contributed by atoms with Crippen LogP contribution in [0.5, 0.6) is 0 Å².